The molecule has 1 aliphatic rings. The molecule has 1 aliphatic heterocycles. The van der Waals surface area contributed by atoms with Crippen molar-refractivity contribution in [2.24, 2.45) is 0 Å². The van der Waals surface area contributed by atoms with Gasteiger partial charge in [-0.3, -0.25) is 4.79 Å². The molecular formula is C27H27NO3. The summed E-state index contributed by atoms with van der Waals surface area (Å²) in [5.74, 6) is 0.186. The molecule has 1 heterocycles. The predicted octanol–water partition coefficient (Wildman–Crippen LogP) is 5.62. The highest BCUT2D eigenvalue weighted by Crippen LogP contribution is 2.44. The third kappa shape index (κ3) is 4.06. The summed E-state index contributed by atoms with van der Waals surface area (Å²) in [6.07, 6.45) is 0.948. The molecule has 1 N–H and O–H groups in total. The number of aliphatic hydroxyl groups excluding tert-OH is 1. The lowest BCUT2D eigenvalue weighted by Gasteiger charge is -2.28. The Morgan fingerprint density at radius 3 is 2.10 bits per heavy atom. The maximum Gasteiger partial charge on any atom is 0.290 e. The molecule has 3 aromatic rings. The minimum absolute atomic E-state index is 0.193. The molecule has 4 rings (SSSR count). The van der Waals surface area contributed by atoms with Gasteiger partial charge in [-0.25, -0.2) is 0 Å². The molecule has 1 atom stereocenters. The molecule has 31 heavy (non-hydrogen) atoms. The van der Waals surface area contributed by atoms with Crippen LogP contribution in [0.2, 0.25) is 0 Å². The highest BCUT2D eigenvalue weighted by atomic mass is 16.5. The fourth-order valence-corrected chi connectivity index (χ4v) is 4.05. The number of hydrogen-bond acceptors (Lipinski definition) is 3. The molecular weight excluding hydrogens is 386 g/mol. The van der Waals surface area contributed by atoms with Crippen molar-refractivity contribution in [3.05, 3.63) is 106 Å². The Morgan fingerprint density at radius 2 is 1.52 bits per heavy atom. The topological polar surface area (TPSA) is 49.8 Å². The van der Waals surface area contributed by atoms with Crippen LogP contribution in [0.5, 0.6) is 5.75 Å². The van der Waals surface area contributed by atoms with Crippen LogP contribution in [0.25, 0.3) is 5.57 Å². The Balaban J connectivity index is 1.78. The van der Waals surface area contributed by atoms with E-state index in [0.717, 1.165) is 28.9 Å². The molecule has 4 nitrogen and oxygen atoms in total. The molecule has 4 heteroatoms. The minimum Gasteiger partial charge on any atom is -0.503 e. The minimum atomic E-state index is -0.367. The highest BCUT2D eigenvalue weighted by Gasteiger charge is 2.40. The maximum absolute atomic E-state index is 13.2. The molecule has 1 unspecified atom stereocenters. The van der Waals surface area contributed by atoms with E-state index in [1.807, 2.05) is 55.5 Å². The number of rotatable bonds is 6. The van der Waals surface area contributed by atoms with Crippen molar-refractivity contribution in [3.8, 4) is 5.75 Å². The average Bonchev–Trinajstić information content (AvgIpc) is 3.05. The van der Waals surface area contributed by atoms with Crippen molar-refractivity contribution in [2.45, 2.75) is 32.9 Å². The molecule has 0 aromatic heterocycles. The summed E-state index contributed by atoms with van der Waals surface area (Å²) in [7, 11) is 1.62. The van der Waals surface area contributed by atoms with Crippen LogP contribution >= 0.6 is 0 Å². The molecule has 0 fully saturated rings. The second kappa shape index (κ2) is 8.68. The summed E-state index contributed by atoms with van der Waals surface area (Å²) in [6.45, 7) is 4.58. The summed E-state index contributed by atoms with van der Waals surface area (Å²) in [5, 5.41) is 10.9. The number of hydrogen-bond donors (Lipinski definition) is 1. The number of amides is 1. The predicted molar refractivity (Wildman–Crippen MR) is 123 cm³/mol. The van der Waals surface area contributed by atoms with E-state index in [-0.39, 0.29) is 17.7 Å². The molecule has 158 valence electrons. The lowest BCUT2D eigenvalue weighted by molar-refractivity contribution is -0.130. The fourth-order valence-electron chi connectivity index (χ4n) is 4.05. The second-order valence-electron chi connectivity index (χ2n) is 7.91. The van der Waals surface area contributed by atoms with Gasteiger partial charge in [0.2, 0.25) is 0 Å². The van der Waals surface area contributed by atoms with Gasteiger partial charge < -0.3 is 14.7 Å². The molecule has 0 bridgehead atoms. The van der Waals surface area contributed by atoms with E-state index in [2.05, 4.69) is 31.2 Å². The van der Waals surface area contributed by atoms with Crippen molar-refractivity contribution in [2.75, 3.05) is 7.11 Å². The molecule has 0 spiro atoms. The Morgan fingerprint density at radius 1 is 0.903 bits per heavy atom. The van der Waals surface area contributed by atoms with Crippen molar-refractivity contribution >= 4 is 11.5 Å². The SMILES string of the molecule is CCc1ccc(C2C(c3ccc(OC)cc3)=C(O)C(=O)N2Cc2ccc(C)cc2)cc1. The van der Waals surface area contributed by atoms with Crippen LogP contribution in [-0.4, -0.2) is 23.0 Å². The number of methoxy groups -OCH3 is 1. The zero-order valence-corrected chi connectivity index (χ0v) is 18.1. The quantitative estimate of drug-likeness (QED) is 0.571. The standard InChI is InChI=1S/C27H27NO3/c1-4-19-9-11-22(12-10-19)25-24(21-13-15-23(31-3)16-14-21)26(29)27(30)28(25)17-20-7-5-18(2)6-8-20/h5-16,25,29H,4,17H2,1-3H3. The lowest BCUT2D eigenvalue weighted by Crippen LogP contribution is -2.29. The smallest absolute Gasteiger partial charge is 0.290 e. The largest absolute Gasteiger partial charge is 0.503 e. The van der Waals surface area contributed by atoms with Gasteiger partial charge in [0.1, 0.15) is 5.75 Å². The van der Waals surface area contributed by atoms with E-state index in [9.17, 15) is 9.90 Å². The Kier molecular flexibility index (Phi) is 5.81. The first-order chi connectivity index (χ1) is 15.0. The molecule has 1 amide bonds. The third-order valence-corrected chi connectivity index (χ3v) is 5.88. The van der Waals surface area contributed by atoms with Gasteiger partial charge in [-0.2, -0.15) is 0 Å². The maximum atomic E-state index is 13.2. The van der Waals surface area contributed by atoms with Gasteiger partial charge >= 0.3 is 0 Å². The number of nitrogens with zero attached hydrogens (tertiary/aromatic N) is 1. The first-order valence-corrected chi connectivity index (χ1v) is 10.5. The Hall–Kier alpha value is -3.53. The third-order valence-electron chi connectivity index (χ3n) is 5.88. The van der Waals surface area contributed by atoms with Crippen LogP contribution < -0.4 is 4.74 Å². The van der Waals surface area contributed by atoms with Crippen LogP contribution in [-0.2, 0) is 17.8 Å². The van der Waals surface area contributed by atoms with E-state index < -0.39 is 0 Å². The normalized spacial score (nSPS) is 16.2. The number of ether oxygens (including phenoxy) is 1. The summed E-state index contributed by atoms with van der Waals surface area (Å²) in [5.41, 5.74) is 5.84. The zero-order chi connectivity index (χ0) is 22.0. The highest BCUT2D eigenvalue weighted by molar-refractivity contribution is 6.05. The Bertz CT molecular complexity index is 1100. The Labute approximate surface area is 183 Å². The number of benzene rings is 3. The number of aryl methyl sites for hydroxylation is 2. The van der Waals surface area contributed by atoms with Crippen LogP contribution in [0.4, 0.5) is 0 Å². The van der Waals surface area contributed by atoms with Gasteiger partial charge in [0.25, 0.3) is 5.91 Å². The summed E-state index contributed by atoms with van der Waals surface area (Å²) >= 11 is 0. The van der Waals surface area contributed by atoms with Crippen molar-refractivity contribution in [3.63, 3.8) is 0 Å². The van der Waals surface area contributed by atoms with Crippen LogP contribution in [0, 0.1) is 6.92 Å². The molecule has 0 radical (unpaired) electrons. The van der Waals surface area contributed by atoms with Gasteiger partial charge in [0.05, 0.1) is 13.2 Å². The lowest BCUT2D eigenvalue weighted by atomic mass is 9.92. The average molecular weight is 414 g/mol. The number of aliphatic hydroxyl groups is 1. The monoisotopic (exact) mass is 413 g/mol. The number of carbonyl (C=O) groups is 1. The van der Waals surface area contributed by atoms with Gasteiger partial charge in [0, 0.05) is 12.1 Å². The van der Waals surface area contributed by atoms with Gasteiger partial charge in [-0.1, -0.05) is 73.2 Å². The van der Waals surface area contributed by atoms with Gasteiger partial charge in [-0.15, -0.1) is 0 Å². The van der Waals surface area contributed by atoms with Crippen molar-refractivity contribution in [1.29, 1.82) is 0 Å². The van der Waals surface area contributed by atoms with Gasteiger partial charge in [0.15, 0.2) is 5.76 Å². The first-order valence-electron chi connectivity index (χ1n) is 10.5. The van der Waals surface area contributed by atoms with E-state index in [0.29, 0.717) is 12.1 Å². The molecule has 0 aliphatic carbocycles. The summed E-state index contributed by atoms with van der Waals surface area (Å²) < 4.78 is 5.27. The van der Waals surface area contributed by atoms with Crippen LogP contribution in [0.3, 0.4) is 0 Å². The van der Waals surface area contributed by atoms with E-state index in [4.69, 9.17) is 4.74 Å². The number of carbonyl (C=O) groups excluding carboxylic acids is 1. The molecule has 3 aromatic carbocycles. The van der Waals surface area contributed by atoms with Gasteiger partial charge in [-0.05, 0) is 47.7 Å². The second-order valence-corrected chi connectivity index (χ2v) is 7.91. The van der Waals surface area contributed by atoms with E-state index in [1.54, 1.807) is 12.0 Å². The van der Waals surface area contributed by atoms with E-state index >= 15 is 0 Å². The molecule has 0 saturated carbocycles. The van der Waals surface area contributed by atoms with Crippen LogP contribution in [0.15, 0.2) is 78.6 Å². The van der Waals surface area contributed by atoms with Crippen molar-refractivity contribution < 1.29 is 14.6 Å². The summed E-state index contributed by atoms with van der Waals surface area (Å²) in [6, 6.07) is 23.5. The fraction of sp³-hybridized carbons (Fsp3) is 0.222. The van der Waals surface area contributed by atoms with Crippen molar-refractivity contribution in [1.82, 2.24) is 4.90 Å². The first kappa shape index (κ1) is 20.7. The molecule has 0 saturated heterocycles. The summed E-state index contributed by atoms with van der Waals surface area (Å²) in [4.78, 5) is 14.9. The van der Waals surface area contributed by atoms with Crippen LogP contribution in [0.1, 0.15) is 40.8 Å². The van der Waals surface area contributed by atoms with E-state index in [1.165, 1.54) is 11.1 Å². The zero-order valence-electron chi connectivity index (χ0n) is 18.1.